The fourth-order valence-corrected chi connectivity index (χ4v) is 2.99. The number of para-hydroxylation sites is 1. The molecular formula is C19H22N4O3. The number of carbonyl (C=O) groups is 2. The van der Waals surface area contributed by atoms with E-state index in [4.69, 9.17) is 0 Å². The van der Waals surface area contributed by atoms with E-state index in [-0.39, 0.29) is 17.9 Å². The molecule has 2 amide bonds. The second-order valence-electron chi connectivity index (χ2n) is 6.38. The van der Waals surface area contributed by atoms with Crippen molar-refractivity contribution in [3.8, 4) is 0 Å². The molecular weight excluding hydrogens is 332 g/mol. The highest BCUT2D eigenvalue weighted by Gasteiger charge is 2.22. The molecule has 2 N–H and O–H groups in total. The van der Waals surface area contributed by atoms with Crippen LogP contribution in [0.2, 0.25) is 0 Å². The van der Waals surface area contributed by atoms with E-state index in [1.807, 2.05) is 30.3 Å². The van der Waals surface area contributed by atoms with Crippen molar-refractivity contribution in [2.75, 3.05) is 25.0 Å². The van der Waals surface area contributed by atoms with Crippen molar-refractivity contribution in [1.29, 1.82) is 0 Å². The lowest BCUT2D eigenvalue weighted by molar-refractivity contribution is -0.605. The first-order valence-corrected chi connectivity index (χ1v) is 8.67. The van der Waals surface area contributed by atoms with Crippen molar-refractivity contribution < 1.29 is 14.3 Å². The van der Waals surface area contributed by atoms with Crippen molar-refractivity contribution in [2.45, 2.75) is 18.9 Å². The Balaban J connectivity index is 1.42. The molecule has 0 unspecified atom stereocenters. The minimum absolute atomic E-state index is 0.0334. The Hall–Kier alpha value is -2.93. The zero-order valence-electron chi connectivity index (χ0n) is 14.4. The second-order valence-corrected chi connectivity index (χ2v) is 6.38. The van der Waals surface area contributed by atoms with Gasteiger partial charge >= 0.3 is 0 Å². The molecule has 0 aliphatic carbocycles. The zero-order chi connectivity index (χ0) is 18.4. The van der Waals surface area contributed by atoms with Crippen molar-refractivity contribution >= 4 is 17.5 Å². The van der Waals surface area contributed by atoms with Gasteiger partial charge in [-0.25, -0.2) is 0 Å². The minimum Gasteiger partial charge on any atom is -0.619 e. The SMILES string of the molecule is O=C(CN1CCC(NC(=O)c2cc[n+]([O-])cc2)CC1)Nc1ccccc1. The average Bonchev–Trinajstić information content (AvgIpc) is 2.64. The predicted molar refractivity (Wildman–Crippen MR) is 97.4 cm³/mol. The predicted octanol–water partition coefficient (Wildman–Crippen LogP) is 1.15. The van der Waals surface area contributed by atoms with E-state index in [2.05, 4.69) is 15.5 Å². The van der Waals surface area contributed by atoms with Gasteiger partial charge < -0.3 is 15.8 Å². The summed E-state index contributed by atoms with van der Waals surface area (Å²) in [6.07, 6.45) is 4.20. The number of pyridine rings is 1. The number of amides is 2. The summed E-state index contributed by atoms with van der Waals surface area (Å²) in [4.78, 5) is 26.4. The summed E-state index contributed by atoms with van der Waals surface area (Å²) in [7, 11) is 0. The number of rotatable bonds is 5. The third-order valence-corrected chi connectivity index (χ3v) is 4.41. The molecule has 0 atom stereocenters. The summed E-state index contributed by atoms with van der Waals surface area (Å²) >= 11 is 0. The van der Waals surface area contributed by atoms with Gasteiger partial charge in [0.15, 0.2) is 12.4 Å². The number of hydrogen-bond donors (Lipinski definition) is 2. The first-order chi connectivity index (χ1) is 12.6. The molecule has 1 fully saturated rings. The Morgan fingerprint density at radius 3 is 2.38 bits per heavy atom. The van der Waals surface area contributed by atoms with E-state index >= 15 is 0 Å². The fourth-order valence-electron chi connectivity index (χ4n) is 2.99. The first-order valence-electron chi connectivity index (χ1n) is 8.67. The summed E-state index contributed by atoms with van der Waals surface area (Å²) in [5.74, 6) is -0.209. The van der Waals surface area contributed by atoms with E-state index in [1.54, 1.807) is 0 Å². The minimum atomic E-state index is -0.175. The standard InChI is InChI=1S/C19H22N4O3/c24-18(20-16-4-2-1-3-5-16)14-22-10-8-17(9-11-22)21-19(25)15-6-12-23(26)13-7-15/h1-7,12-13,17H,8-11,14H2,(H,20,24)(H,21,25). The molecule has 26 heavy (non-hydrogen) atoms. The molecule has 1 aromatic carbocycles. The Morgan fingerprint density at radius 1 is 1.08 bits per heavy atom. The highest BCUT2D eigenvalue weighted by Crippen LogP contribution is 2.12. The largest absolute Gasteiger partial charge is 0.619 e. The van der Waals surface area contributed by atoms with Gasteiger partial charge in [0.2, 0.25) is 5.91 Å². The molecule has 0 radical (unpaired) electrons. The van der Waals surface area contributed by atoms with Crippen LogP contribution in [0.4, 0.5) is 5.69 Å². The maximum absolute atomic E-state index is 12.2. The third-order valence-electron chi connectivity index (χ3n) is 4.41. The van der Waals surface area contributed by atoms with Crippen LogP contribution < -0.4 is 15.4 Å². The Labute approximate surface area is 152 Å². The summed E-state index contributed by atoms with van der Waals surface area (Å²) in [6.45, 7) is 1.85. The van der Waals surface area contributed by atoms with Crippen LogP contribution in [0.25, 0.3) is 0 Å². The smallest absolute Gasteiger partial charge is 0.251 e. The van der Waals surface area contributed by atoms with Crippen molar-refractivity contribution in [2.24, 2.45) is 0 Å². The van der Waals surface area contributed by atoms with Crippen molar-refractivity contribution in [3.05, 3.63) is 65.6 Å². The molecule has 1 aliphatic heterocycles. The zero-order valence-corrected chi connectivity index (χ0v) is 14.4. The molecule has 1 aromatic heterocycles. The Morgan fingerprint density at radius 2 is 1.73 bits per heavy atom. The van der Waals surface area contributed by atoms with Crippen molar-refractivity contribution in [3.63, 3.8) is 0 Å². The van der Waals surface area contributed by atoms with Gasteiger partial charge in [-0.3, -0.25) is 14.5 Å². The third kappa shape index (κ3) is 5.03. The van der Waals surface area contributed by atoms with Crippen molar-refractivity contribution in [1.82, 2.24) is 10.2 Å². The highest BCUT2D eigenvalue weighted by atomic mass is 16.5. The van der Waals surface area contributed by atoms with Crippen LogP contribution in [0.15, 0.2) is 54.9 Å². The van der Waals surface area contributed by atoms with E-state index in [0.717, 1.165) is 31.6 Å². The summed E-state index contributed by atoms with van der Waals surface area (Å²) in [5.41, 5.74) is 1.27. The molecule has 2 aromatic rings. The van der Waals surface area contributed by atoms with Crippen LogP contribution >= 0.6 is 0 Å². The summed E-state index contributed by atoms with van der Waals surface area (Å²) in [5, 5.41) is 16.9. The number of carbonyl (C=O) groups excluding carboxylic acids is 2. The van der Waals surface area contributed by atoms with E-state index in [0.29, 0.717) is 16.8 Å². The van der Waals surface area contributed by atoms with Gasteiger partial charge in [-0.1, -0.05) is 18.2 Å². The van der Waals surface area contributed by atoms with E-state index in [9.17, 15) is 14.8 Å². The lowest BCUT2D eigenvalue weighted by Crippen LogP contribution is -2.46. The van der Waals surface area contributed by atoms with Gasteiger partial charge in [0.25, 0.3) is 5.91 Å². The van der Waals surface area contributed by atoms with Crippen LogP contribution in [0.5, 0.6) is 0 Å². The topological polar surface area (TPSA) is 88.4 Å². The lowest BCUT2D eigenvalue weighted by atomic mass is 10.0. The molecule has 0 saturated carbocycles. The summed E-state index contributed by atoms with van der Waals surface area (Å²) in [6, 6.07) is 12.5. The quantitative estimate of drug-likeness (QED) is 0.623. The number of benzene rings is 1. The monoisotopic (exact) mass is 354 g/mol. The van der Waals surface area contributed by atoms with E-state index in [1.165, 1.54) is 24.5 Å². The highest BCUT2D eigenvalue weighted by molar-refractivity contribution is 5.94. The molecule has 1 aliphatic rings. The molecule has 2 heterocycles. The number of likely N-dealkylation sites (tertiary alicyclic amines) is 1. The van der Waals surface area contributed by atoms with Crippen LogP contribution in [0, 0.1) is 5.21 Å². The average molecular weight is 354 g/mol. The van der Waals surface area contributed by atoms with Gasteiger partial charge in [-0.15, -0.1) is 0 Å². The van der Waals surface area contributed by atoms with Crippen LogP contribution in [0.1, 0.15) is 23.2 Å². The number of nitrogens with one attached hydrogen (secondary N) is 2. The molecule has 0 bridgehead atoms. The fraction of sp³-hybridized carbons (Fsp3) is 0.316. The maximum atomic E-state index is 12.2. The second kappa shape index (κ2) is 8.44. The number of aromatic nitrogens is 1. The normalized spacial score (nSPS) is 15.4. The number of piperidine rings is 1. The van der Waals surface area contributed by atoms with Crippen LogP contribution in [-0.2, 0) is 4.79 Å². The van der Waals surface area contributed by atoms with E-state index < -0.39 is 0 Å². The molecule has 0 spiro atoms. The number of anilines is 1. The van der Waals surface area contributed by atoms with Crippen LogP contribution in [-0.4, -0.2) is 42.4 Å². The van der Waals surface area contributed by atoms with Gasteiger partial charge in [0.05, 0.1) is 12.1 Å². The molecule has 136 valence electrons. The first kappa shape index (κ1) is 17.9. The molecule has 3 rings (SSSR count). The molecule has 7 heteroatoms. The van der Waals surface area contributed by atoms with Gasteiger partial charge in [-0.2, -0.15) is 4.73 Å². The maximum Gasteiger partial charge on any atom is 0.251 e. The van der Waals surface area contributed by atoms with Gasteiger partial charge in [0, 0.05) is 37.0 Å². The Kier molecular flexibility index (Phi) is 5.80. The number of nitrogens with zero attached hydrogens (tertiary/aromatic N) is 2. The lowest BCUT2D eigenvalue weighted by Gasteiger charge is -2.31. The summed E-state index contributed by atoms with van der Waals surface area (Å²) < 4.78 is 0.649. The van der Waals surface area contributed by atoms with Gasteiger partial charge in [0.1, 0.15) is 0 Å². The molecule has 7 nitrogen and oxygen atoms in total. The molecule has 1 saturated heterocycles. The Bertz CT molecular complexity index is 741. The number of hydrogen-bond acceptors (Lipinski definition) is 4. The van der Waals surface area contributed by atoms with Gasteiger partial charge in [-0.05, 0) is 25.0 Å². The van der Waals surface area contributed by atoms with Crippen LogP contribution in [0.3, 0.4) is 0 Å².